The Hall–Kier alpha value is -0.315. The molecular weight excluding hydrogens is 263 g/mol. The van der Waals surface area contributed by atoms with E-state index in [-0.39, 0.29) is 5.60 Å². The Kier molecular flexibility index (Phi) is 8.83. The van der Waals surface area contributed by atoms with Crippen molar-refractivity contribution in [3.05, 3.63) is 11.5 Å². The lowest BCUT2D eigenvalue weighted by Crippen LogP contribution is -2.40. The van der Waals surface area contributed by atoms with E-state index in [1.807, 2.05) is 19.8 Å². The number of hydrogen-bond acceptors (Lipinski definition) is 3. The van der Waals surface area contributed by atoms with E-state index < -0.39 is 12.7 Å². The maximum absolute atomic E-state index is 10.5. The third-order valence-corrected chi connectivity index (χ3v) is 4.69. The Balaban J connectivity index is 5.19. The monoisotopic (exact) mass is 298 g/mol. The van der Waals surface area contributed by atoms with Crippen LogP contribution in [-0.4, -0.2) is 30.5 Å². The molecule has 0 aromatic heterocycles. The molecule has 1 N–H and O–H groups in total. The molecule has 0 spiro atoms. The molecule has 0 aliphatic carbocycles. The van der Waals surface area contributed by atoms with Crippen LogP contribution < -0.4 is 0 Å². The van der Waals surface area contributed by atoms with Crippen LogP contribution in [0.4, 0.5) is 0 Å². The van der Waals surface area contributed by atoms with Crippen molar-refractivity contribution in [3.63, 3.8) is 0 Å². The van der Waals surface area contributed by atoms with Crippen molar-refractivity contribution in [1.29, 1.82) is 0 Å². The minimum absolute atomic E-state index is 0.263. The molecule has 0 aliphatic heterocycles. The normalized spacial score (nSPS) is 17.5. The standard InChI is InChI=1S/C17H35BO3/c1-9-12-15(17(7,19)11-3)13-18(20-8)21-16(5,6)14(4)10-2/h13-14,19H,9-12H2,1-8H3/b15-13+. The number of rotatable bonds is 10. The summed E-state index contributed by atoms with van der Waals surface area (Å²) in [6.07, 6.45) is 3.59. The average Bonchev–Trinajstić information content (AvgIpc) is 2.44. The fourth-order valence-electron chi connectivity index (χ4n) is 2.25. The van der Waals surface area contributed by atoms with Crippen LogP contribution in [0.5, 0.6) is 0 Å². The maximum atomic E-state index is 10.5. The van der Waals surface area contributed by atoms with Crippen molar-refractivity contribution in [2.45, 2.75) is 85.4 Å². The van der Waals surface area contributed by atoms with Crippen molar-refractivity contribution in [3.8, 4) is 0 Å². The first-order valence-corrected chi connectivity index (χ1v) is 8.28. The third kappa shape index (κ3) is 6.54. The summed E-state index contributed by atoms with van der Waals surface area (Å²) in [5.41, 5.74) is -0.0582. The fraction of sp³-hybridized carbons (Fsp3) is 0.882. The summed E-state index contributed by atoms with van der Waals surface area (Å²) in [4.78, 5) is 0. The molecule has 4 heteroatoms. The number of hydrogen-bond donors (Lipinski definition) is 1. The zero-order valence-corrected chi connectivity index (χ0v) is 15.3. The van der Waals surface area contributed by atoms with Crippen LogP contribution >= 0.6 is 0 Å². The zero-order valence-electron chi connectivity index (χ0n) is 15.3. The molecule has 0 aliphatic rings. The van der Waals surface area contributed by atoms with Crippen molar-refractivity contribution >= 4 is 7.12 Å². The van der Waals surface area contributed by atoms with Crippen molar-refractivity contribution < 1.29 is 14.4 Å². The first-order chi connectivity index (χ1) is 9.64. The van der Waals surface area contributed by atoms with Gasteiger partial charge in [0.05, 0.1) is 11.2 Å². The first-order valence-electron chi connectivity index (χ1n) is 8.28. The second-order valence-electron chi connectivity index (χ2n) is 6.70. The summed E-state index contributed by atoms with van der Waals surface area (Å²) in [5.74, 6) is 2.39. The van der Waals surface area contributed by atoms with Gasteiger partial charge < -0.3 is 14.4 Å². The molecule has 0 aromatic rings. The van der Waals surface area contributed by atoms with E-state index in [1.54, 1.807) is 7.11 Å². The van der Waals surface area contributed by atoms with Crippen LogP contribution in [0.3, 0.4) is 0 Å². The summed E-state index contributed by atoms with van der Waals surface area (Å²) in [6, 6.07) is 0. The Morgan fingerprint density at radius 1 is 1.24 bits per heavy atom. The Morgan fingerprint density at radius 2 is 1.81 bits per heavy atom. The van der Waals surface area contributed by atoms with Gasteiger partial charge in [-0.2, -0.15) is 0 Å². The van der Waals surface area contributed by atoms with Crippen molar-refractivity contribution in [2.75, 3.05) is 7.11 Å². The van der Waals surface area contributed by atoms with Gasteiger partial charge in [0, 0.05) is 7.11 Å². The molecule has 0 rings (SSSR count). The van der Waals surface area contributed by atoms with Gasteiger partial charge in [0.25, 0.3) is 0 Å². The summed E-state index contributed by atoms with van der Waals surface area (Å²) < 4.78 is 11.6. The maximum Gasteiger partial charge on any atom is 0.486 e. The smallest absolute Gasteiger partial charge is 0.410 e. The SMILES string of the molecule is CCC/C(=C\B(OC)OC(C)(C)C(C)CC)C(C)(O)CC. The Morgan fingerprint density at radius 3 is 2.19 bits per heavy atom. The molecule has 0 aromatic carbocycles. The molecule has 0 radical (unpaired) electrons. The van der Waals surface area contributed by atoms with E-state index in [4.69, 9.17) is 9.31 Å². The summed E-state index contributed by atoms with van der Waals surface area (Å²) in [5, 5.41) is 10.5. The molecule has 21 heavy (non-hydrogen) atoms. The quantitative estimate of drug-likeness (QED) is 0.608. The molecule has 0 amide bonds. The van der Waals surface area contributed by atoms with E-state index in [1.165, 1.54) is 0 Å². The van der Waals surface area contributed by atoms with Crippen LogP contribution in [0.1, 0.15) is 74.1 Å². The second-order valence-corrected chi connectivity index (χ2v) is 6.70. The van der Waals surface area contributed by atoms with Gasteiger partial charge >= 0.3 is 7.12 Å². The lowest BCUT2D eigenvalue weighted by atomic mass is 9.77. The van der Waals surface area contributed by atoms with E-state index in [0.29, 0.717) is 12.3 Å². The average molecular weight is 298 g/mol. The minimum atomic E-state index is -0.795. The van der Waals surface area contributed by atoms with Gasteiger partial charge in [0.2, 0.25) is 0 Å². The molecular formula is C17H35BO3. The van der Waals surface area contributed by atoms with E-state index >= 15 is 0 Å². The van der Waals surface area contributed by atoms with E-state index in [0.717, 1.165) is 24.8 Å². The minimum Gasteiger partial charge on any atom is -0.410 e. The van der Waals surface area contributed by atoms with Crippen LogP contribution in [0.2, 0.25) is 0 Å². The molecule has 0 heterocycles. The predicted octanol–water partition coefficient (Wildman–Crippen LogP) is 4.39. The lowest BCUT2D eigenvalue weighted by Gasteiger charge is -2.34. The van der Waals surface area contributed by atoms with Gasteiger partial charge in [-0.3, -0.25) is 0 Å². The van der Waals surface area contributed by atoms with Gasteiger partial charge in [-0.15, -0.1) is 0 Å². The van der Waals surface area contributed by atoms with Gasteiger partial charge in [-0.1, -0.05) is 46.5 Å². The van der Waals surface area contributed by atoms with Gasteiger partial charge in [0.15, 0.2) is 0 Å². The molecule has 2 atom stereocenters. The van der Waals surface area contributed by atoms with E-state index in [9.17, 15) is 5.11 Å². The summed E-state index contributed by atoms with van der Waals surface area (Å²) in [6.45, 7) is 14.5. The molecule has 0 saturated heterocycles. The van der Waals surface area contributed by atoms with Crippen LogP contribution in [0.15, 0.2) is 11.5 Å². The van der Waals surface area contributed by atoms with Crippen molar-refractivity contribution in [1.82, 2.24) is 0 Å². The fourth-order valence-corrected chi connectivity index (χ4v) is 2.25. The zero-order chi connectivity index (χ0) is 16.7. The molecule has 0 fully saturated rings. The highest BCUT2D eigenvalue weighted by Gasteiger charge is 2.32. The van der Waals surface area contributed by atoms with Crippen molar-refractivity contribution in [2.24, 2.45) is 5.92 Å². The lowest BCUT2D eigenvalue weighted by molar-refractivity contribution is 0.0273. The van der Waals surface area contributed by atoms with Crippen LogP contribution in [0.25, 0.3) is 0 Å². The molecule has 3 nitrogen and oxygen atoms in total. The van der Waals surface area contributed by atoms with Gasteiger partial charge in [0.1, 0.15) is 0 Å². The molecule has 0 bridgehead atoms. The summed E-state index contributed by atoms with van der Waals surface area (Å²) >= 11 is 0. The van der Waals surface area contributed by atoms with E-state index in [2.05, 4.69) is 34.6 Å². The third-order valence-electron chi connectivity index (χ3n) is 4.69. The highest BCUT2D eigenvalue weighted by molar-refractivity contribution is 6.51. The Bertz CT molecular complexity index is 324. The highest BCUT2D eigenvalue weighted by atomic mass is 16.6. The van der Waals surface area contributed by atoms with Crippen LogP contribution in [0, 0.1) is 5.92 Å². The second kappa shape index (κ2) is 8.97. The topological polar surface area (TPSA) is 38.7 Å². The number of aliphatic hydroxyl groups is 1. The highest BCUT2D eigenvalue weighted by Crippen LogP contribution is 2.28. The molecule has 124 valence electrons. The largest absolute Gasteiger partial charge is 0.486 e. The first kappa shape index (κ1) is 20.7. The van der Waals surface area contributed by atoms with Crippen LogP contribution in [-0.2, 0) is 9.31 Å². The summed E-state index contributed by atoms with van der Waals surface area (Å²) in [7, 11) is 1.23. The van der Waals surface area contributed by atoms with Gasteiger partial charge in [-0.25, -0.2) is 0 Å². The van der Waals surface area contributed by atoms with Gasteiger partial charge in [-0.05, 0) is 45.1 Å². The molecule has 0 saturated carbocycles. The molecule has 2 unspecified atom stereocenters. The Labute approximate surface area is 132 Å². The predicted molar refractivity (Wildman–Crippen MR) is 91.3 cm³/mol.